The van der Waals surface area contributed by atoms with Crippen molar-refractivity contribution in [2.45, 2.75) is 0 Å². The molecule has 128 valence electrons. The lowest BCUT2D eigenvalue weighted by Crippen LogP contribution is -2.39. The molecule has 1 heterocycles. The third-order valence-electron chi connectivity index (χ3n) is 3.26. The van der Waals surface area contributed by atoms with Gasteiger partial charge in [0.05, 0.1) is 37.0 Å². The van der Waals surface area contributed by atoms with Gasteiger partial charge in [-0.25, -0.2) is 14.0 Å². The minimum Gasteiger partial charge on any atom is -0.466 e. The Kier molecular flexibility index (Phi) is 5.09. The molecule has 1 aromatic rings. The van der Waals surface area contributed by atoms with Crippen LogP contribution in [0.15, 0.2) is 29.5 Å². The van der Waals surface area contributed by atoms with Gasteiger partial charge in [0.1, 0.15) is 18.2 Å². The Labute approximate surface area is 135 Å². The van der Waals surface area contributed by atoms with Crippen molar-refractivity contribution in [1.29, 1.82) is 0 Å². The molecule has 0 aromatic heterocycles. The molecule has 0 radical (unpaired) electrons. The third kappa shape index (κ3) is 3.18. The van der Waals surface area contributed by atoms with Crippen molar-refractivity contribution in [3.8, 4) is 0 Å². The number of carbonyl (C=O) groups excluding carboxylic acids is 2. The van der Waals surface area contributed by atoms with Crippen molar-refractivity contribution in [3.05, 3.63) is 45.4 Å². The molecule has 0 unspecified atom stereocenters. The lowest BCUT2D eigenvalue weighted by atomic mass is 10.1. The molecule has 1 aliphatic rings. The van der Waals surface area contributed by atoms with Gasteiger partial charge in [-0.05, 0) is 6.07 Å². The van der Waals surface area contributed by atoms with Crippen LogP contribution in [0.1, 0.15) is 0 Å². The largest absolute Gasteiger partial charge is 0.466 e. The van der Waals surface area contributed by atoms with Gasteiger partial charge < -0.3 is 19.1 Å². The number of carbonyl (C=O) groups is 2. The number of non-ortho nitro benzene ring substituents is 1. The number of anilines is 1. The van der Waals surface area contributed by atoms with Crippen LogP contribution >= 0.6 is 0 Å². The molecule has 1 aromatic carbocycles. The van der Waals surface area contributed by atoms with E-state index in [4.69, 9.17) is 4.74 Å². The van der Waals surface area contributed by atoms with Crippen LogP contribution in [0.3, 0.4) is 0 Å². The zero-order chi connectivity index (χ0) is 17.9. The fraction of sp³-hybridized carbons (Fsp3) is 0.286. The number of ether oxygens (including phenoxy) is 3. The molecule has 0 saturated carbocycles. The average molecular weight is 340 g/mol. The number of halogens is 1. The minimum atomic E-state index is -0.926. The van der Waals surface area contributed by atoms with Crippen LogP contribution in [0.25, 0.3) is 0 Å². The van der Waals surface area contributed by atoms with Gasteiger partial charge in [0.2, 0.25) is 0 Å². The number of benzene rings is 1. The van der Waals surface area contributed by atoms with E-state index < -0.39 is 22.7 Å². The summed E-state index contributed by atoms with van der Waals surface area (Å²) in [6.07, 6.45) is 0. The Hall–Kier alpha value is -3.01. The molecule has 0 saturated heterocycles. The van der Waals surface area contributed by atoms with Crippen molar-refractivity contribution in [1.82, 2.24) is 0 Å². The molecule has 2 rings (SSSR count). The summed E-state index contributed by atoms with van der Waals surface area (Å²) in [6.45, 7) is -0.548. The number of hydrogen-bond acceptors (Lipinski definition) is 8. The smallest absolute Gasteiger partial charge is 0.355 e. The highest BCUT2D eigenvalue weighted by molar-refractivity contribution is 6.03. The Morgan fingerprint density at radius 3 is 2.54 bits per heavy atom. The van der Waals surface area contributed by atoms with Gasteiger partial charge in [-0.3, -0.25) is 10.1 Å². The first kappa shape index (κ1) is 17.3. The van der Waals surface area contributed by atoms with E-state index in [0.29, 0.717) is 0 Å². The van der Waals surface area contributed by atoms with E-state index in [1.807, 2.05) is 0 Å². The SMILES string of the molecule is COC(=O)C1=C(C(=O)OC)N(c2cc([N+](=O)[O-])ccc2F)COC1. The van der Waals surface area contributed by atoms with E-state index >= 15 is 0 Å². The Morgan fingerprint density at radius 1 is 1.29 bits per heavy atom. The van der Waals surface area contributed by atoms with Crippen molar-refractivity contribution < 1.29 is 33.1 Å². The van der Waals surface area contributed by atoms with Crippen molar-refractivity contribution >= 4 is 23.3 Å². The standard InChI is InChI=1S/C14H13FN2O7/c1-22-13(18)9-6-24-7-16(12(9)14(19)23-2)11-5-8(17(20)21)3-4-10(11)15/h3-5H,6-7H2,1-2H3. The number of methoxy groups -OCH3 is 2. The molecule has 24 heavy (non-hydrogen) atoms. The molecule has 0 fully saturated rings. The van der Waals surface area contributed by atoms with Crippen LogP contribution in [0.4, 0.5) is 15.8 Å². The molecule has 0 atom stereocenters. The van der Waals surface area contributed by atoms with Crippen LogP contribution < -0.4 is 4.90 Å². The predicted molar refractivity (Wildman–Crippen MR) is 77.4 cm³/mol. The van der Waals surface area contributed by atoms with Crippen molar-refractivity contribution in [2.24, 2.45) is 0 Å². The van der Waals surface area contributed by atoms with Crippen LogP contribution in [0.5, 0.6) is 0 Å². The van der Waals surface area contributed by atoms with Crippen LogP contribution in [-0.4, -0.2) is 44.4 Å². The van der Waals surface area contributed by atoms with Gasteiger partial charge in [0.15, 0.2) is 0 Å². The van der Waals surface area contributed by atoms with Crippen molar-refractivity contribution in [3.63, 3.8) is 0 Å². The van der Waals surface area contributed by atoms with E-state index in [-0.39, 0.29) is 36.0 Å². The van der Waals surface area contributed by atoms with Gasteiger partial charge in [-0.2, -0.15) is 0 Å². The number of nitro benzene ring substituents is 1. The number of nitrogens with zero attached hydrogens (tertiary/aromatic N) is 2. The summed E-state index contributed by atoms with van der Waals surface area (Å²) in [4.78, 5) is 35.1. The second-order valence-corrected chi connectivity index (χ2v) is 4.61. The highest BCUT2D eigenvalue weighted by Crippen LogP contribution is 2.31. The predicted octanol–water partition coefficient (Wildman–Crippen LogP) is 1.13. The molecule has 10 heteroatoms. The van der Waals surface area contributed by atoms with Gasteiger partial charge in [0, 0.05) is 12.1 Å². The Morgan fingerprint density at radius 2 is 1.96 bits per heavy atom. The maximum absolute atomic E-state index is 14.2. The van der Waals surface area contributed by atoms with Gasteiger partial charge in [0.25, 0.3) is 5.69 Å². The number of nitro groups is 1. The summed E-state index contributed by atoms with van der Waals surface area (Å²) in [6, 6.07) is 2.79. The minimum absolute atomic E-state index is 0.179. The second-order valence-electron chi connectivity index (χ2n) is 4.61. The van der Waals surface area contributed by atoms with Crippen molar-refractivity contribution in [2.75, 3.05) is 32.5 Å². The molecule has 0 spiro atoms. The van der Waals surface area contributed by atoms with Crippen LogP contribution in [0.2, 0.25) is 0 Å². The highest BCUT2D eigenvalue weighted by Gasteiger charge is 2.34. The third-order valence-corrected chi connectivity index (χ3v) is 3.26. The first-order chi connectivity index (χ1) is 11.4. The van der Waals surface area contributed by atoms with Gasteiger partial charge >= 0.3 is 11.9 Å². The van der Waals surface area contributed by atoms with E-state index in [0.717, 1.165) is 37.3 Å². The topological polar surface area (TPSA) is 108 Å². The molecule has 9 nitrogen and oxygen atoms in total. The summed E-state index contributed by atoms with van der Waals surface area (Å²) in [5.74, 6) is -2.62. The zero-order valence-corrected chi connectivity index (χ0v) is 12.8. The zero-order valence-electron chi connectivity index (χ0n) is 12.8. The first-order valence-electron chi connectivity index (χ1n) is 6.59. The van der Waals surface area contributed by atoms with E-state index in [9.17, 15) is 24.1 Å². The summed E-state index contributed by atoms with van der Waals surface area (Å²) in [5.41, 5.74) is -1.16. The molecule has 0 N–H and O–H groups in total. The fourth-order valence-electron chi connectivity index (χ4n) is 2.16. The first-order valence-corrected chi connectivity index (χ1v) is 6.59. The number of rotatable bonds is 4. The number of esters is 2. The normalized spacial score (nSPS) is 14.4. The summed E-state index contributed by atoms with van der Waals surface area (Å²) < 4.78 is 28.5. The molecular formula is C14H13FN2O7. The number of hydrogen-bond donors (Lipinski definition) is 0. The second kappa shape index (κ2) is 7.04. The maximum Gasteiger partial charge on any atom is 0.355 e. The lowest BCUT2D eigenvalue weighted by molar-refractivity contribution is -0.384. The Balaban J connectivity index is 2.63. The fourth-order valence-corrected chi connectivity index (χ4v) is 2.16. The molecule has 0 bridgehead atoms. The van der Waals surface area contributed by atoms with Crippen LogP contribution in [0, 0.1) is 15.9 Å². The quantitative estimate of drug-likeness (QED) is 0.456. The molecule has 1 aliphatic heterocycles. The van der Waals surface area contributed by atoms with E-state index in [1.54, 1.807) is 0 Å². The maximum atomic E-state index is 14.2. The average Bonchev–Trinajstić information content (AvgIpc) is 2.59. The monoisotopic (exact) mass is 340 g/mol. The van der Waals surface area contributed by atoms with Crippen LogP contribution in [-0.2, 0) is 23.8 Å². The molecule has 0 aliphatic carbocycles. The lowest BCUT2D eigenvalue weighted by Gasteiger charge is -2.31. The van der Waals surface area contributed by atoms with E-state index in [1.165, 1.54) is 0 Å². The molecular weight excluding hydrogens is 327 g/mol. The highest BCUT2D eigenvalue weighted by atomic mass is 19.1. The summed E-state index contributed by atoms with van der Waals surface area (Å²) in [5, 5.41) is 10.9. The molecule has 0 amide bonds. The van der Waals surface area contributed by atoms with Gasteiger partial charge in [-0.15, -0.1) is 0 Å². The summed E-state index contributed by atoms with van der Waals surface area (Å²) in [7, 11) is 2.19. The Bertz CT molecular complexity index is 732. The summed E-state index contributed by atoms with van der Waals surface area (Å²) >= 11 is 0. The van der Waals surface area contributed by atoms with Gasteiger partial charge in [-0.1, -0.05) is 0 Å². The van der Waals surface area contributed by atoms with E-state index in [2.05, 4.69) is 9.47 Å².